The molecule has 4 heterocycles. The number of nitrogens with one attached hydrogen (secondary N) is 1. The minimum absolute atomic E-state index is 0.0199. The number of rotatable bonds is 7. The largest absolute Gasteiger partial charge is 0.362 e. The molecule has 6 rings (SSSR count). The van der Waals surface area contributed by atoms with Gasteiger partial charge in [0.15, 0.2) is 0 Å². The highest BCUT2D eigenvalue weighted by Gasteiger charge is 2.19. The molecule has 3 aromatic heterocycles. The fourth-order valence-electron chi connectivity index (χ4n) is 5.47. The third-order valence-corrected chi connectivity index (χ3v) is 8.92. The van der Waals surface area contributed by atoms with Crippen molar-refractivity contribution in [3.63, 3.8) is 0 Å². The number of aryl methyl sites for hydroxylation is 2. The van der Waals surface area contributed by atoms with E-state index in [1.165, 1.54) is 58.9 Å². The van der Waals surface area contributed by atoms with Crippen LogP contribution in [0.5, 0.6) is 0 Å². The third-order valence-electron chi connectivity index (χ3n) is 7.62. The van der Waals surface area contributed by atoms with Crippen molar-refractivity contribution in [2.24, 2.45) is 7.05 Å². The molecule has 0 unspecified atom stereocenters. The van der Waals surface area contributed by atoms with Crippen LogP contribution in [0.2, 0.25) is 0 Å². The zero-order chi connectivity index (χ0) is 27.8. The Kier molecular flexibility index (Phi) is 7.21. The van der Waals surface area contributed by atoms with Crippen LogP contribution in [-0.2, 0) is 13.6 Å². The lowest BCUT2D eigenvalue weighted by molar-refractivity contribution is 0.332. The molecule has 40 heavy (non-hydrogen) atoms. The molecule has 6 nitrogen and oxygen atoms in total. The number of benzene rings is 2. The van der Waals surface area contributed by atoms with E-state index < -0.39 is 0 Å². The average Bonchev–Trinajstić information content (AvgIpc) is 3.65. The number of fused-ring (bicyclic) bond motifs is 1. The first-order chi connectivity index (χ1) is 19.4. The fraction of sp³-hybridized carbons (Fsp3) is 0.281. The Hall–Kier alpha value is -3.88. The molecule has 5 aromatic rings. The van der Waals surface area contributed by atoms with Crippen molar-refractivity contribution >= 4 is 28.2 Å². The average molecular weight is 554 g/mol. The second-order valence-corrected chi connectivity index (χ2v) is 11.6. The Morgan fingerprint density at radius 1 is 1.00 bits per heavy atom. The number of thiophene rings is 1. The van der Waals surface area contributed by atoms with Crippen LogP contribution in [0, 0.1) is 12.7 Å². The van der Waals surface area contributed by atoms with Crippen molar-refractivity contribution < 1.29 is 4.39 Å². The van der Waals surface area contributed by atoms with Gasteiger partial charge in [0.25, 0.3) is 5.56 Å². The molecule has 1 saturated heterocycles. The second-order valence-electron chi connectivity index (χ2n) is 10.5. The van der Waals surface area contributed by atoms with Gasteiger partial charge in [-0.3, -0.25) is 14.3 Å². The number of aromatic nitrogens is 3. The summed E-state index contributed by atoms with van der Waals surface area (Å²) in [5, 5.41) is 4.33. The molecule has 1 atom stereocenters. The van der Waals surface area contributed by atoms with Crippen LogP contribution in [0.25, 0.3) is 32.6 Å². The van der Waals surface area contributed by atoms with Crippen LogP contribution in [-0.4, -0.2) is 32.5 Å². The van der Waals surface area contributed by atoms with Crippen LogP contribution in [0.3, 0.4) is 0 Å². The van der Waals surface area contributed by atoms with Gasteiger partial charge in [-0.25, -0.2) is 14.4 Å². The van der Waals surface area contributed by atoms with E-state index in [-0.39, 0.29) is 17.4 Å². The highest BCUT2D eigenvalue weighted by atomic mass is 32.1. The van der Waals surface area contributed by atoms with E-state index in [4.69, 9.17) is 4.98 Å². The molecule has 2 aromatic carbocycles. The molecule has 0 bridgehead atoms. The Morgan fingerprint density at radius 2 is 1.75 bits per heavy atom. The van der Waals surface area contributed by atoms with Crippen molar-refractivity contribution in [2.75, 3.05) is 18.4 Å². The molecule has 204 valence electrons. The highest BCUT2D eigenvalue weighted by Crippen LogP contribution is 2.36. The van der Waals surface area contributed by atoms with Crippen LogP contribution in [0.4, 0.5) is 10.2 Å². The first kappa shape index (κ1) is 26.3. The minimum Gasteiger partial charge on any atom is -0.362 e. The summed E-state index contributed by atoms with van der Waals surface area (Å²) in [6.07, 6.45) is 2.57. The molecule has 1 aliphatic heterocycles. The lowest BCUT2D eigenvalue weighted by atomic mass is 10.1. The van der Waals surface area contributed by atoms with Gasteiger partial charge in [0, 0.05) is 28.9 Å². The zero-order valence-electron chi connectivity index (χ0n) is 22.9. The number of hydrogen-bond acceptors (Lipinski definition) is 6. The van der Waals surface area contributed by atoms with Crippen molar-refractivity contribution in [1.29, 1.82) is 0 Å². The molecule has 0 spiro atoms. The van der Waals surface area contributed by atoms with E-state index in [0.717, 1.165) is 11.9 Å². The summed E-state index contributed by atoms with van der Waals surface area (Å²) in [6.45, 7) is 7.28. The van der Waals surface area contributed by atoms with E-state index >= 15 is 0 Å². The zero-order valence-corrected chi connectivity index (χ0v) is 23.8. The molecular weight excluding hydrogens is 521 g/mol. The number of pyridine rings is 1. The normalized spacial score (nSPS) is 14.6. The fourth-order valence-corrected chi connectivity index (χ4v) is 6.54. The highest BCUT2D eigenvalue weighted by molar-refractivity contribution is 7.15. The van der Waals surface area contributed by atoms with E-state index in [1.807, 2.05) is 13.0 Å². The van der Waals surface area contributed by atoms with Crippen molar-refractivity contribution in [3.8, 4) is 21.6 Å². The molecule has 0 saturated carbocycles. The SMILES string of the molecule is Cc1nc(N[C@H](C)c2ccc(-c3ccccc3CN3CCCC3)s2)c2cc(-c3ccc(F)cc3)c(=O)n(C)c2n1. The van der Waals surface area contributed by atoms with Gasteiger partial charge in [0.05, 0.1) is 11.4 Å². The predicted molar refractivity (Wildman–Crippen MR) is 161 cm³/mol. The summed E-state index contributed by atoms with van der Waals surface area (Å²) in [7, 11) is 1.71. The topological polar surface area (TPSA) is 63.1 Å². The summed E-state index contributed by atoms with van der Waals surface area (Å²) >= 11 is 1.79. The summed E-state index contributed by atoms with van der Waals surface area (Å²) in [4.78, 5) is 27.5. The third kappa shape index (κ3) is 5.17. The Labute approximate surface area is 237 Å². The summed E-state index contributed by atoms with van der Waals surface area (Å²) < 4.78 is 15.1. The molecular formula is C32H32FN5OS. The van der Waals surface area contributed by atoms with Gasteiger partial charge in [-0.05, 0) is 86.8 Å². The number of hydrogen-bond donors (Lipinski definition) is 1. The molecule has 0 radical (unpaired) electrons. The van der Waals surface area contributed by atoms with E-state index in [0.29, 0.717) is 28.4 Å². The number of halogens is 1. The monoisotopic (exact) mass is 553 g/mol. The predicted octanol–water partition coefficient (Wildman–Crippen LogP) is 6.94. The van der Waals surface area contributed by atoms with Crippen LogP contribution in [0.15, 0.2) is 71.5 Å². The molecule has 1 aliphatic rings. The Bertz CT molecular complexity index is 1740. The van der Waals surface area contributed by atoms with Crippen LogP contribution < -0.4 is 10.9 Å². The van der Waals surface area contributed by atoms with Gasteiger partial charge < -0.3 is 5.32 Å². The summed E-state index contributed by atoms with van der Waals surface area (Å²) in [6, 6.07) is 20.9. The maximum absolute atomic E-state index is 13.6. The van der Waals surface area contributed by atoms with Crippen molar-refractivity contribution in [3.05, 3.63) is 99.2 Å². The number of nitrogens with zero attached hydrogens (tertiary/aromatic N) is 4. The van der Waals surface area contributed by atoms with Crippen molar-refractivity contribution in [2.45, 2.75) is 39.3 Å². The van der Waals surface area contributed by atoms with E-state index in [1.54, 1.807) is 35.1 Å². The molecule has 0 amide bonds. The standard InChI is InChI=1S/C32H32FN5OS/c1-20(28-14-15-29(40-28)25-9-5-4-8-23(25)19-38-16-6-7-17-38)34-30-27-18-26(22-10-12-24(33)13-11-22)32(39)37(3)31(27)36-21(2)35-30/h4-5,8-15,18,20H,6-7,16-17,19H2,1-3H3,(H,34,35,36)/t20-/m1/s1. The van der Waals surface area contributed by atoms with E-state index in [9.17, 15) is 9.18 Å². The summed E-state index contributed by atoms with van der Waals surface area (Å²) in [5.41, 5.74) is 4.16. The smallest absolute Gasteiger partial charge is 0.259 e. The van der Waals surface area contributed by atoms with Gasteiger partial charge in [-0.1, -0.05) is 36.4 Å². The second kappa shape index (κ2) is 10.9. The quantitative estimate of drug-likeness (QED) is 0.237. The summed E-state index contributed by atoms with van der Waals surface area (Å²) in [5.74, 6) is 0.901. The maximum Gasteiger partial charge on any atom is 0.259 e. The molecule has 0 aliphatic carbocycles. The maximum atomic E-state index is 13.6. The Morgan fingerprint density at radius 3 is 2.52 bits per heavy atom. The van der Waals surface area contributed by atoms with Gasteiger partial charge in [0.1, 0.15) is 23.1 Å². The molecule has 1 fully saturated rings. The first-order valence-electron chi connectivity index (χ1n) is 13.7. The van der Waals surface area contributed by atoms with Gasteiger partial charge in [-0.15, -0.1) is 11.3 Å². The Balaban J connectivity index is 1.33. The van der Waals surface area contributed by atoms with Crippen LogP contribution >= 0.6 is 11.3 Å². The lowest BCUT2D eigenvalue weighted by Gasteiger charge is -2.18. The van der Waals surface area contributed by atoms with Crippen LogP contribution in [0.1, 0.15) is 42.1 Å². The molecule has 8 heteroatoms. The molecule has 1 N–H and O–H groups in total. The number of likely N-dealkylation sites (tertiary alicyclic amines) is 1. The number of anilines is 1. The lowest BCUT2D eigenvalue weighted by Crippen LogP contribution is -2.21. The van der Waals surface area contributed by atoms with Crippen molar-refractivity contribution in [1.82, 2.24) is 19.4 Å². The van der Waals surface area contributed by atoms with Gasteiger partial charge >= 0.3 is 0 Å². The van der Waals surface area contributed by atoms with Gasteiger partial charge in [0.2, 0.25) is 0 Å². The van der Waals surface area contributed by atoms with Gasteiger partial charge in [-0.2, -0.15) is 0 Å². The first-order valence-corrected chi connectivity index (χ1v) is 14.5. The minimum atomic E-state index is -0.342. The van der Waals surface area contributed by atoms with E-state index in [2.05, 4.69) is 58.5 Å².